The third-order valence-corrected chi connectivity index (χ3v) is 6.98. The van der Waals surface area contributed by atoms with E-state index in [4.69, 9.17) is 19.2 Å². The van der Waals surface area contributed by atoms with Crippen LogP contribution < -0.4 is 24.4 Å². The number of amidine groups is 1. The molecule has 1 saturated heterocycles. The van der Waals surface area contributed by atoms with Crippen LogP contribution in [0.1, 0.15) is 18.9 Å². The summed E-state index contributed by atoms with van der Waals surface area (Å²) < 4.78 is 16.3. The fourth-order valence-electron chi connectivity index (χ4n) is 4.06. The summed E-state index contributed by atoms with van der Waals surface area (Å²) in [5.41, 5.74) is 2.41. The van der Waals surface area contributed by atoms with Gasteiger partial charge in [0.15, 0.2) is 16.7 Å². The molecule has 1 fully saturated rings. The van der Waals surface area contributed by atoms with Crippen LogP contribution in [0.4, 0.5) is 11.4 Å². The van der Waals surface area contributed by atoms with Crippen molar-refractivity contribution in [2.75, 3.05) is 37.6 Å². The van der Waals surface area contributed by atoms with E-state index < -0.39 is 5.25 Å². The number of hydrogen-bond donors (Lipinski definition) is 1. The molecule has 0 aliphatic carbocycles. The molecule has 0 aromatic heterocycles. The van der Waals surface area contributed by atoms with E-state index in [1.54, 1.807) is 38.5 Å². The Morgan fingerprint density at radius 3 is 2.53 bits per heavy atom. The van der Waals surface area contributed by atoms with Gasteiger partial charge in [-0.05, 0) is 55.3 Å². The molecule has 0 saturated carbocycles. The third-order valence-electron chi connectivity index (χ3n) is 5.87. The molecule has 0 unspecified atom stereocenters. The number of rotatable bonds is 10. The van der Waals surface area contributed by atoms with Crippen LogP contribution in [0.3, 0.4) is 0 Å². The largest absolute Gasteiger partial charge is 0.494 e. The predicted octanol–water partition coefficient (Wildman–Crippen LogP) is 5.18. The van der Waals surface area contributed by atoms with E-state index >= 15 is 0 Å². The number of amides is 2. The van der Waals surface area contributed by atoms with Crippen molar-refractivity contribution in [3.05, 3.63) is 78.4 Å². The number of nitrogens with zero attached hydrogens (tertiary/aromatic N) is 2. The van der Waals surface area contributed by atoms with Crippen molar-refractivity contribution in [2.45, 2.75) is 25.0 Å². The number of carbonyl (C=O) groups is 2. The molecule has 1 heterocycles. The SMILES string of the molecule is CCOc1cccc(N2C(=O)C[C@H](SC(=NCCc3ccc(OC)c(OC)c3)Nc3ccccc3)C2=O)c1. The summed E-state index contributed by atoms with van der Waals surface area (Å²) in [6, 6.07) is 22.4. The minimum Gasteiger partial charge on any atom is -0.494 e. The first-order chi connectivity index (χ1) is 18.5. The van der Waals surface area contributed by atoms with E-state index in [1.165, 1.54) is 16.7 Å². The topological polar surface area (TPSA) is 89.5 Å². The van der Waals surface area contributed by atoms with Gasteiger partial charge in [0.25, 0.3) is 0 Å². The Balaban J connectivity index is 1.50. The van der Waals surface area contributed by atoms with E-state index in [9.17, 15) is 9.59 Å². The minimum atomic E-state index is -0.589. The molecule has 0 bridgehead atoms. The number of benzene rings is 3. The van der Waals surface area contributed by atoms with E-state index in [0.717, 1.165) is 11.3 Å². The van der Waals surface area contributed by atoms with Crippen LogP contribution in [0.25, 0.3) is 0 Å². The smallest absolute Gasteiger partial charge is 0.247 e. The second-order valence-electron chi connectivity index (χ2n) is 8.43. The van der Waals surface area contributed by atoms with E-state index in [1.807, 2.05) is 55.5 Å². The van der Waals surface area contributed by atoms with Gasteiger partial charge >= 0.3 is 0 Å². The lowest BCUT2D eigenvalue weighted by molar-refractivity contribution is -0.121. The molecule has 0 radical (unpaired) electrons. The Bertz CT molecular complexity index is 1300. The Morgan fingerprint density at radius 2 is 1.79 bits per heavy atom. The highest BCUT2D eigenvalue weighted by molar-refractivity contribution is 8.15. The second kappa shape index (κ2) is 13.0. The van der Waals surface area contributed by atoms with E-state index in [2.05, 4.69) is 5.32 Å². The Morgan fingerprint density at radius 1 is 1.00 bits per heavy atom. The molecule has 0 spiro atoms. The van der Waals surface area contributed by atoms with Crippen LogP contribution in [0.15, 0.2) is 77.8 Å². The lowest BCUT2D eigenvalue weighted by atomic mass is 10.1. The van der Waals surface area contributed by atoms with Crippen LogP contribution in [0.2, 0.25) is 0 Å². The van der Waals surface area contributed by atoms with Gasteiger partial charge in [-0.3, -0.25) is 14.6 Å². The maximum atomic E-state index is 13.3. The highest BCUT2D eigenvalue weighted by Gasteiger charge is 2.41. The minimum absolute atomic E-state index is 0.0908. The molecule has 1 aliphatic heterocycles. The lowest BCUT2D eigenvalue weighted by Crippen LogP contribution is -2.31. The van der Waals surface area contributed by atoms with Gasteiger partial charge in [0, 0.05) is 24.7 Å². The third kappa shape index (κ3) is 6.66. The van der Waals surface area contributed by atoms with Crippen molar-refractivity contribution in [3.8, 4) is 17.2 Å². The number of para-hydroxylation sites is 1. The molecule has 1 aliphatic rings. The summed E-state index contributed by atoms with van der Waals surface area (Å²) in [6.45, 7) is 2.86. The molecule has 198 valence electrons. The second-order valence-corrected chi connectivity index (χ2v) is 9.62. The van der Waals surface area contributed by atoms with Crippen LogP contribution >= 0.6 is 11.8 Å². The number of ether oxygens (including phenoxy) is 3. The van der Waals surface area contributed by atoms with Crippen molar-refractivity contribution in [1.29, 1.82) is 0 Å². The van der Waals surface area contributed by atoms with Gasteiger partial charge in [0.05, 0.1) is 26.5 Å². The number of aliphatic imine (C=N–C) groups is 1. The number of hydrogen-bond acceptors (Lipinski definition) is 7. The average molecular weight is 534 g/mol. The number of methoxy groups -OCH3 is 2. The number of thioether (sulfide) groups is 1. The summed E-state index contributed by atoms with van der Waals surface area (Å²) in [6.07, 6.45) is 0.752. The molecule has 3 aromatic rings. The molecule has 1 N–H and O–H groups in total. The molecule has 4 rings (SSSR count). The molecule has 1 atom stereocenters. The Hall–Kier alpha value is -3.98. The molecule has 9 heteroatoms. The number of nitrogens with one attached hydrogen (secondary N) is 1. The van der Waals surface area contributed by atoms with Crippen LogP contribution in [-0.2, 0) is 16.0 Å². The number of carbonyl (C=O) groups excluding carboxylic acids is 2. The molecule has 38 heavy (non-hydrogen) atoms. The van der Waals surface area contributed by atoms with Crippen molar-refractivity contribution in [1.82, 2.24) is 0 Å². The fourth-order valence-corrected chi connectivity index (χ4v) is 5.10. The van der Waals surface area contributed by atoms with Gasteiger partial charge in [-0.15, -0.1) is 0 Å². The summed E-state index contributed by atoms with van der Waals surface area (Å²) in [5, 5.41) is 3.30. The highest BCUT2D eigenvalue weighted by atomic mass is 32.2. The zero-order chi connectivity index (χ0) is 26.9. The number of anilines is 2. The fraction of sp³-hybridized carbons (Fsp3) is 0.276. The normalized spacial score (nSPS) is 15.5. The monoisotopic (exact) mass is 533 g/mol. The van der Waals surface area contributed by atoms with Crippen molar-refractivity contribution in [3.63, 3.8) is 0 Å². The van der Waals surface area contributed by atoms with E-state index in [-0.39, 0.29) is 18.2 Å². The standard InChI is InChI=1S/C29H31N3O5S/c1-4-37-23-12-8-11-22(18-23)32-27(33)19-26(28(32)34)38-29(31-21-9-6-5-7-10-21)30-16-15-20-13-14-24(35-2)25(17-20)36-3/h5-14,17-18,26H,4,15-16,19H2,1-3H3,(H,30,31)/t26-/m0/s1. The van der Waals surface area contributed by atoms with Gasteiger partial charge in [-0.1, -0.05) is 42.1 Å². The first-order valence-corrected chi connectivity index (χ1v) is 13.2. The van der Waals surface area contributed by atoms with Crippen molar-refractivity contribution < 1.29 is 23.8 Å². The zero-order valence-electron chi connectivity index (χ0n) is 21.7. The zero-order valence-corrected chi connectivity index (χ0v) is 22.5. The van der Waals surface area contributed by atoms with Gasteiger partial charge in [0.1, 0.15) is 11.0 Å². The molecular weight excluding hydrogens is 502 g/mol. The van der Waals surface area contributed by atoms with Gasteiger partial charge < -0.3 is 19.5 Å². The number of imide groups is 1. The summed E-state index contributed by atoms with van der Waals surface area (Å²) >= 11 is 1.27. The van der Waals surface area contributed by atoms with Gasteiger partial charge in [-0.2, -0.15) is 0 Å². The lowest BCUT2D eigenvalue weighted by Gasteiger charge is -2.17. The maximum absolute atomic E-state index is 13.3. The van der Waals surface area contributed by atoms with Gasteiger partial charge in [-0.25, -0.2) is 4.90 Å². The average Bonchev–Trinajstić information content (AvgIpc) is 3.21. The molecule has 8 nitrogen and oxygen atoms in total. The summed E-state index contributed by atoms with van der Waals surface area (Å²) in [4.78, 5) is 32.2. The quantitative estimate of drug-likeness (QED) is 0.218. The maximum Gasteiger partial charge on any atom is 0.247 e. The highest BCUT2D eigenvalue weighted by Crippen LogP contribution is 2.32. The summed E-state index contributed by atoms with van der Waals surface area (Å²) in [5.74, 6) is 1.43. The Kier molecular flexibility index (Phi) is 9.26. The van der Waals surface area contributed by atoms with Crippen molar-refractivity contribution >= 4 is 40.1 Å². The van der Waals surface area contributed by atoms with Crippen LogP contribution in [-0.4, -0.2) is 49.6 Å². The van der Waals surface area contributed by atoms with E-state index in [0.29, 0.717) is 47.7 Å². The van der Waals surface area contributed by atoms with Crippen LogP contribution in [0.5, 0.6) is 17.2 Å². The predicted molar refractivity (Wildman–Crippen MR) is 152 cm³/mol. The molecule has 2 amide bonds. The Labute approximate surface area is 227 Å². The molecule has 3 aromatic carbocycles. The van der Waals surface area contributed by atoms with Crippen molar-refractivity contribution in [2.24, 2.45) is 4.99 Å². The molecular formula is C29H31N3O5S. The van der Waals surface area contributed by atoms with Crippen LogP contribution in [0, 0.1) is 0 Å². The summed E-state index contributed by atoms with van der Waals surface area (Å²) in [7, 11) is 3.21. The first-order valence-electron chi connectivity index (χ1n) is 12.4. The first kappa shape index (κ1) is 27.1. The van der Waals surface area contributed by atoms with Gasteiger partial charge in [0.2, 0.25) is 11.8 Å².